The molecular weight excluding hydrogens is 574 g/mol. The molecule has 138 valence electrons. The molecule has 2 N–H and O–H groups in total. The molecule has 0 aliphatic carbocycles. The molecule has 0 saturated carbocycles. The zero-order valence-corrected chi connectivity index (χ0v) is 18.4. The van der Waals surface area contributed by atoms with Crippen molar-refractivity contribution in [3.05, 3.63) is 60.2 Å². The Kier molecular flexibility index (Phi) is 7.61. The monoisotopic (exact) mass is 588 g/mol. The van der Waals surface area contributed by atoms with Gasteiger partial charge >= 0.3 is 5.97 Å². The van der Waals surface area contributed by atoms with Crippen LogP contribution in [0.25, 0.3) is 6.08 Å². The molecule has 0 saturated heterocycles. The molecule has 8 heteroatoms. The Balaban J connectivity index is 2.33. The molecule has 0 heterocycles. The topological polar surface area (TPSA) is 99.4 Å². The Hall–Kier alpha value is -2.13. The molecule has 0 aliphatic rings. The average Bonchev–Trinajstić information content (AvgIpc) is 2.63. The summed E-state index contributed by atoms with van der Waals surface area (Å²) in [7, 11) is 0. The number of carboxylic acid groups (broad SMARTS) is 1. The minimum absolute atomic E-state index is 0.0479. The van der Waals surface area contributed by atoms with Crippen LogP contribution in [0.3, 0.4) is 0 Å². The smallest absolute Gasteiger partial charge is 0.337 e. The van der Waals surface area contributed by atoms with Crippen LogP contribution in [0.1, 0.15) is 22.8 Å². The molecule has 0 atom stereocenters. The maximum Gasteiger partial charge on any atom is 0.337 e. The number of nitriles is 1. The lowest BCUT2D eigenvalue weighted by Gasteiger charge is -2.10. The third kappa shape index (κ3) is 5.43. The van der Waals surface area contributed by atoms with Gasteiger partial charge in [0.25, 0.3) is 5.91 Å². The van der Waals surface area contributed by atoms with Gasteiger partial charge in [0.15, 0.2) is 0 Å². The number of halogens is 2. The number of rotatable bonds is 6. The predicted octanol–water partition coefficient (Wildman–Crippen LogP) is 4.54. The minimum atomic E-state index is -1.16. The maximum atomic E-state index is 12.4. The Bertz CT molecular complexity index is 941. The highest BCUT2D eigenvalue weighted by atomic mass is 127. The summed E-state index contributed by atoms with van der Waals surface area (Å²) >= 11 is 4.27. The molecule has 0 aliphatic heterocycles. The van der Waals surface area contributed by atoms with Crippen molar-refractivity contribution in [3.63, 3.8) is 0 Å². The Morgan fingerprint density at radius 2 is 1.89 bits per heavy atom. The molecule has 2 rings (SSSR count). The number of hydrogen-bond acceptors (Lipinski definition) is 4. The molecule has 6 nitrogen and oxygen atoms in total. The first-order valence-electron chi connectivity index (χ1n) is 7.74. The maximum absolute atomic E-state index is 12.4. The average molecular weight is 588 g/mol. The lowest BCUT2D eigenvalue weighted by atomic mass is 10.1. The minimum Gasteiger partial charge on any atom is -0.492 e. The van der Waals surface area contributed by atoms with Gasteiger partial charge in [0.2, 0.25) is 0 Å². The van der Waals surface area contributed by atoms with Gasteiger partial charge in [-0.15, -0.1) is 0 Å². The first-order chi connectivity index (χ1) is 12.9. The Labute approximate surface area is 183 Å². The van der Waals surface area contributed by atoms with Crippen LogP contribution in [0.4, 0.5) is 5.69 Å². The second kappa shape index (κ2) is 9.70. The van der Waals surface area contributed by atoms with Crippen LogP contribution in [0, 0.1) is 18.5 Å². The Morgan fingerprint density at radius 1 is 1.26 bits per heavy atom. The van der Waals surface area contributed by atoms with Crippen LogP contribution < -0.4 is 10.1 Å². The molecule has 0 unspecified atom stereocenters. The number of nitrogens with zero attached hydrogens (tertiary/aromatic N) is 1. The van der Waals surface area contributed by atoms with Crippen molar-refractivity contribution in [2.45, 2.75) is 6.92 Å². The zero-order chi connectivity index (χ0) is 20.0. The van der Waals surface area contributed by atoms with Crippen molar-refractivity contribution < 1.29 is 19.4 Å². The van der Waals surface area contributed by atoms with Crippen LogP contribution in [-0.2, 0) is 4.79 Å². The highest BCUT2D eigenvalue weighted by molar-refractivity contribution is 14.1. The third-order valence-electron chi connectivity index (χ3n) is 3.39. The second-order valence-electron chi connectivity index (χ2n) is 5.22. The van der Waals surface area contributed by atoms with E-state index in [1.54, 1.807) is 12.1 Å². The van der Waals surface area contributed by atoms with E-state index >= 15 is 0 Å². The summed E-state index contributed by atoms with van der Waals surface area (Å²) in [5.74, 6) is -1.08. The van der Waals surface area contributed by atoms with E-state index in [9.17, 15) is 20.0 Å². The number of nitrogens with one attached hydrogen (secondary N) is 1. The lowest BCUT2D eigenvalue weighted by Crippen LogP contribution is -2.16. The first kappa shape index (κ1) is 21.2. The quantitative estimate of drug-likeness (QED) is 0.294. The summed E-state index contributed by atoms with van der Waals surface area (Å²) in [4.78, 5) is 23.7. The molecule has 0 spiro atoms. The number of ether oxygens (including phenoxy) is 1. The summed E-state index contributed by atoms with van der Waals surface area (Å²) in [5, 5.41) is 21.0. The fraction of sp³-hybridized carbons (Fsp3) is 0.105. The van der Waals surface area contributed by atoms with Crippen LogP contribution in [-0.4, -0.2) is 23.6 Å². The molecule has 0 aromatic heterocycles. The SMILES string of the molecule is CCOc1c(I)cc(/C=C(\C#N)C(=O)Nc2ccccc2C(=O)O)cc1I. The number of anilines is 1. The summed E-state index contributed by atoms with van der Waals surface area (Å²) in [6.45, 7) is 2.43. The van der Waals surface area contributed by atoms with Crippen LogP contribution in [0.15, 0.2) is 42.0 Å². The fourth-order valence-corrected chi connectivity index (χ4v) is 4.36. The van der Waals surface area contributed by atoms with Gasteiger partial charge in [-0.1, -0.05) is 12.1 Å². The Morgan fingerprint density at radius 3 is 2.44 bits per heavy atom. The molecule has 2 aromatic carbocycles. The lowest BCUT2D eigenvalue weighted by molar-refractivity contribution is -0.112. The number of aromatic carboxylic acids is 1. The van der Waals surface area contributed by atoms with Crippen molar-refractivity contribution in [1.82, 2.24) is 0 Å². The van der Waals surface area contributed by atoms with Gasteiger partial charge in [-0.2, -0.15) is 5.26 Å². The van der Waals surface area contributed by atoms with E-state index < -0.39 is 11.9 Å². The summed E-state index contributed by atoms with van der Waals surface area (Å²) < 4.78 is 7.31. The van der Waals surface area contributed by atoms with Gasteiger partial charge in [0.1, 0.15) is 17.4 Å². The molecule has 0 bridgehead atoms. The van der Waals surface area contributed by atoms with E-state index in [1.165, 1.54) is 18.2 Å². The van der Waals surface area contributed by atoms with E-state index in [0.29, 0.717) is 12.2 Å². The van der Waals surface area contributed by atoms with E-state index in [0.717, 1.165) is 12.9 Å². The molecule has 1 amide bonds. The zero-order valence-electron chi connectivity index (χ0n) is 14.1. The standard InChI is InChI=1S/C19H14I2N2O4/c1-2-27-17-14(20)8-11(9-15(17)21)7-12(10-22)18(24)23-16-6-4-3-5-13(16)19(25)26/h3-9H,2H2,1H3,(H,23,24)(H,25,26)/b12-7+. The largest absolute Gasteiger partial charge is 0.492 e. The van der Waals surface area contributed by atoms with Gasteiger partial charge in [-0.25, -0.2) is 4.79 Å². The number of carboxylic acids is 1. The van der Waals surface area contributed by atoms with Crippen molar-refractivity contribution in [2.75, 3.05) is 11.9 Å². The number of para-hydroxylation sites is 1. The van der Waals surface area contributed by atoms with E-state index in [1.807, 2.05) is 25.1 Å². The third-order valence-corrected chi connectivity index (χ3v) is 4.99. The molecular formula is C19H14I2N2O4. The predicted molar refractivity (Wildman–Crippen MR) is 119 cm³/mol. The number of hydrogen-bond donors (Lipinski definition) is 2. The summed E-state index contributed by atoms with van der Waals surface area (Å²) in [6, 6.07) is 11.5. The highest BCUT2D eigenvalue weighted by Crippen LogP contribution is 2.30. The highest BCUT2D eigenvalue weighted by Gasteiger charge is 2.15. The summed E-state index contributed by atoms with van der Waals surface area (Å²) in [5.41, 5.74) is 0.622. The van der Waals surface area contributed by atoms with Crippen molar-refractivity contribution >= 4 is 68.8 Å². The number of benzene rings is 2. The van der Waals surface area contributed by atoms with Crippen LogP contribution in [0.5, 0.6) is 5.75 Å². The van der Waals surface area contributed by atoms with Crippen molar-refractivity contribution in [2.24, 2.45) is 0 Å². The van der Waals surface area contributed by atoms with Gasteiger partial charge in [0, 0.05) is 0 Å². The van der Waals surface area contributed by atoms with E-state index in [2.05, 4.69) is 50.5 Å². The van der Waals surface area contributed by atoms with Crippen molar-refractivity contribution in [3.8, 4) is 11.8 Å². The first-order valence-corrected chi connectivity index (χ1v) is 9.90. The normalized spacial score (nSPS) is 10.8. The summed E-state index contributed by atoms with van der Waals surface area (Å²) in [6.07, 6.45) is 1.46. The van der Waals surface area contributed by atoms with Crippen molar-refractivity contribution in [1.29, 1.82) is 5.26 Å². The number of carbonyl (C=O) groups excluding carboxylic acids is 1. The van der Waals surface area contributed by atoms with E-state index in [4.69, 9.17) is 4.74 Å². The molecule has 27 heavy (non-hydrogen) atoms. The van der Waals surface area contributed by atoms with Gasteiger partial charge in [0.05, 0.1) is 25.0 Å². The van der Waals surface area contributed by atoms with Gasteiger partial charge in [-0.05, 0) is 88.0 Å². The van der Waals surface area contributed by atoms with E-state index in [-0.39, 0.29) is 16.8 Å². The van der Waals surface area contributed by atoms with Gasteiger partial charge < -0.3 is 15.2 Å². The molecule has 0 radical (unpaired) electrons. The molecule has 0 fully saturated rings. The van der Waals surface area contributed by atoms with Crippen LogP contribution >= 0.6 is 45.2 Å². The van der Waals surface area contributed by atoms with Gasteiger partial charge in [-0.3, -0.25) is 4.79 Å². The molecule has 2 aromatic rings. The number of carbonyl (C=O) groups is 2. The second-order valence-corrected chi connectivity index (χ2v) is 7.55. The van der Waals surface area contributed by atoms with Crippen LogP contribution in [0.2, 0.25) is 0 Å². The number of amides is 1. The fourth-order valence-electron chi connectivity index (χ4n) is 2.23.